The zero-order chi connectivity index (χ0) is 19.1. The average Bonchev–Trinajstić information content (AvgIpc) is 3.06. The molecule has 2 N–H and O–H groups in total. The van der Waals surface area contributed by atoms with Gasteiger partial charge in [0.2, 0.25) is 0 Å². The maximum atomic E-state index is 12.4. The fraction of sp³-hybridized carbons (Fsp3) is 0.150. The zero-order valence-electron chi connectivity index (χ0n) is 14.8. The van der Waals surface area contributed by atoms with E-state index in [2.05, 4.69) is 15.6 Å². The Labute approximate surface area is 161 Å². The van der Waals surface area contributed by atoms with Gasteiger partial charge in [0.05, 0.1) is 5.69 Å². The van der Waals surface area contributed by atoms with Crippen LogP contribution in [0.15, 0.2) is 60.7 Å². The molecule has 7 heteroatoms. The summed E-state index contributed by atoms with van der Waals surface area (Å²) in [5.74, 6) is 0.0719. The number of carbonyl (C=O) groups is 2. The lowest BCUT2D eigenvalue weighted by atomic mass is 10.2. The smallest absolute Gasteiger partial charge is 0.264 e. The van der Waals surface area contributed by atoms with Crippen LogP contribution in [0.1, 0.15) is 20.9 Å². The molecule has 3 aromatic rings. The van der Waals surface area contributed by atoms with Gasteiger partial charge in [-0.1, -0.05) is 59.9 Å². The maximum Gasteiger partial charge on any atom is 0.264 e. The minimum absolute atomic E-state index is 0.127. The average molecular weight is 381 g/mol. The monoisotopic (exact) mass is 381 g/mol. The molecule has 138 valence electrons. The SMILES string of the molecule is Cc1nc(NC(=O)COc2ccccc2)sc1C(=O)NCc1ccccc1. The molecule has 0 saturated carbocycles. The number of hydrogen-bond acceptors (Lipinski definition) is 5. The topological polar surface area (TPSA) is 80.3 Å². The van der Waals surface area contributed by atoms with Gasteiger partial charge < -0.3 is 10.1 Å². The lowest BCUT2D eigenvalue weighted by Crippen LogP contribution is -2.22. The predicted octanol–water partition coefficient (Wildman–Crippen LogP) is 3.40. The first kappa shape index (κ1) is 18.6. The first-order valence-corrected chi connectivity index (χ1v) is 9.21. The van der Waals surface area contributed by atoms with Crippen molar-refractivity contribution in [1.29, 1.82) is 0 Å². The molecule has 6 nitrogen and oxygen atoms in total. The Kier molecular flexibility index (Phi) is 6.17. The molecule has 0 fully saturated rings. The molecule has 0 bridgehead atoms. The lowest BCUT2D eigenvalue weighted by Gasteiger charge is -2.05. The van der Waals surface area contributed by atoms with E-state index in [1.165, 1.54) is 0 Å². The Balaban J connectivity index is 1.53. The van der Waals surface area contributed by atoms with Crippen molar-refractivity contribution < 1.29 is 14.3 Å². The second kappa shape index (κ2) is 8.95. The van der Waals surface area contributed by atoms with Crippen LogP contribution in [0.2, 0.25) is 0 Å². The third-order valence-electron chi connectivity index (χ3n) is 3.66. The summed E-state index contributed by atoms with van der Waals surface area (Å²) < 4.78 is 5.40. The molecule has 0 unspecified atom stereocenters. The predicted molar refractivity (Wildman–Crippen MR) is 105 cm³/mol. The highest BCUT2D eigenvalue weighted by Gasteiger charge is 2.16. The molecule has 1 aromatic heterocycles. The summed E-state index contributed by atoms with van der Waals surface area (Å²) in [6.45, 7) is 2.05. The molecule has 0 aliphatic rings. The van der Waals surface area contributed by atoms with Crippen LogP contribution in [0.4, 0.5) is 5.13 Å². The zero-order valence-corrected chi connectivity index (χ0v) is 15.6. The highest BCUT2D eigenvalue weighted by atomic mass is 32.1. The fourth-order valence-corrected chi connectivity index (χ4v) is 3.24. The summed E-state index contributed by atoms with van der Waals surface area (Å²) in [6.07, 6.45) is 0. The van der Waals surface area contributed by atoms with Crippen LogP contribution < -0.4 is 15.4 Å². The van der Waals surface area contributed by atoms with Gasteiger partial charge in [-0.25, -0.2) is 4.98 Å². The highest BCUT2D eigenvalue weighted by Crippen LogP contribution is 2.22. The quantitative estimate of drug-likeness (QED) is 0.657. The number of rotatable bonds is 7. The number of aromatic nitrogens is 1. The number of anilines is 1. The van der Waals surface area contributed by atoms with Crippen molar-refractivity contribution >= 4 is 28.3 Å². The second-order valence-electron chi connectivity index (χ2n) is 5.75. The summed E-state index contributed by atoms with van der Waals surface area (Å²) in [6, 6.07) is 18.7. The number of para-hydroxylation sites is 1. The molecule has 2 amide bonds. The van der Waals surface area contributed by atoms with E-state index in [0.717, 1.165) is 16.9 Å². The standard InChI is InChI=1S/C20H19N3O3S/c1-14-18(19(25)21-12-15-8-4-2-5-9-15)27-20(22-14)23-17(24)13-26-16-10-6-3-7-11-16/h2-11H,12-13H2,1H3,(H,21,25)(H,22,23,24). The number of thiazole rings is 1. The van der Waals surface area contributed by atoms with Gasteiger partial charge in [-0.15, -0.1) is 0 Å². The van der Waals surface area contributed by atoms with Crippen molar-refractivity contribution in [3.63, 3.8) is 0 Å². The van der Waals surface area contributed by atoms with Crippen molar-refractivity contribution in [2.75, 3.05) is 11.9 Å². The second-order valence-corrected chi connectivity index (χ2v) is 6.75. The Morgan fingerprint density at radius 3 is 2.41 bits per heavy atom. The molecular formula is C20H19N3O3S. The molecule has 27 heavy (non-hydrogen) atoms. The summed E-state index contributed by atoms with van der Waals surface area (Å²) in [4.78, 5) is 29.1. The van der Waals surface area contributed by atoms with Crippen LogP contribution in [0.5, 0.6) is 5.75 Å². The number of amides is 2. The first-order chi connectivity index (χ1) is 13.1. The van der Waals surface area contributed by atoms with Gasteiger partial charge in [-0.3, -0.25) is 14.9 Å². The van der Waals surface area contributed by atoms with E-state index < -0.39 is 0 Å². The number of hydrogen-bond donors (Lipinski definition) is 2. The molecule has 2 aromatic carbocycles. The number of ether oxygens (including phenoxy) is 1. The van der Waals surface area contributed by atoms with E-state index in [-0.39, 0.29) is 18.4 Å². The largest absolute Gasteiger partial charge is 0.484 e. The summed E-state index contributed by atoms with van der Waals surface area (Å²) in [5.41, 5.74) is 1.59. The Morgan fingerprint density at radius 2 is 1.70 bits per heavy atom. The van der Waals surface area contributed by atoms with Gasteiger partial charge in [0.15, 0.2) is 11.7 Å². The van der Waals surface area contributed by atoms with Crippen LogP contribution >= 0.6 is 11.3 Å². The van der Waals surface area contributed by atoms with Crippen LogP contribution in [-0.4, -0.2) is 23.4 Å². The summed E-state index contributed by atoms with van der Waals surface area (Å²) in [5, 5.41) is 5.90. The van der Waals surface area contributed by atoms with Crippen LogP contribution in [-0.2, 0) is 11.3 Å². The van der Waals surface area contributed by atoms with E-state index in [1.54, 1.807) is 19.1 Å². The highest BCUT2D eigenvalue weighted by molar-refractivity contribution is 7.17. The summed E-state index contributed by atoms with van der Waals surface area (Å²) >= 11 is 1.14. The molecule has 1 heterocycles. The molecule has 0 spiro atoms. The Morgan fingerprint density at radius 1 is 1.04 bits per heavy atom. The molecule has 0 radical (unpaired) electrons. The van der Waals surface area contributed by atoms with E-state index >= 15 is 0 Å². The molecule has 0 saturated heterocycles. The number of nitrogens with zero attached hydrogens (tertiary/aromatic N) is 1. The van der Waals surface area contributed by atoms with E-state index in [0.29, 0.717) is 28.0 Å². The minimum atomic E-state index is -0.330. The normalized spacial score (nSPS) is 10.3. The van der Waals surface area contributed by atoms with E-state index in [1.807, 2.05) is 48.5 Å². The van der Waals surface area contributed by atoms with Crippen LogP contribution in [0.25, 0.3) is 0 Å². The van der Waals surface area contributed by atoms with E-state index in [4.69, 9.17) is 4.74 Å². The van der Waals surface area contributed by atoms with Crippen LogP contribution in [0.3, 0.4) is 0 Å². The molecule has 0 aliphatic heterocycles. The van der Waals surface area contributed by atoms with Crippen LogP contribution in [0, 0.1) is 6.92 Å². The fourth-order valence-electron chi connectivity index (χ4n) is 2.34. The van der Waals surface area contributed by atoms with Crippen molar-refractivity contribution in [3.05, 3.63) is 76.8 Å². The molecular weight excluding hydrogens is 362 g/mol. The third kappa shape index (κ3) is 5.39. The van der Waals surface area contributed by atoms with Gasteiger partial charge in [0, 0.05) is 6.54 Å². The van der Waals surface area contributed by atoms with Gasteiger partial charge >= 0.3 is 0 Å². The van der Waals surface area contributed by atoms with Crippen molar-refractivity contribution in [3.8, 4) is 5.75 Å². The van der Waals surface area contributed by atoms with Gasteiger partial charge in [-0.05, 0) is 24.6 Å². The molecule has 0 atom stereocenters. The molecule has 0 aliphatic carbocycles. The number of benzene rings is 2. The maximum absolute atomic E-state index is 12.4. The third-order valence-corrected chi connectivity index (χ3v) is 4.73. The van der Waals surface area contributed by atoms with E-state index in [9.17, 15) is 9.59 Å². The van der Waals surface area contributed by atoms with Gasteiger partial charge in [-0.2, -0.15) is 0 Å². The first-order valence-electron chi connectivity index (χ1n) is 8.39. The molecule has 3 rings (SSSR count). The lowest BCUT2D eigenvalue weighted by molar-refractivity contribution is -0.118. The number of nitrogens with one attached hydrogen (secondary N) is 2. The van der Waals surface area contributed by atoms with Gasteiger partial charge in [0.25, 0.3) is 11.8 Å². The summed E-state index contributed by atoms with van der Waals surface area (Å²) in [7, 11) is 0. The Bertz CT molecular complexity index is 911. The van der Waals surface area contributed by atoms with Crippen molar-refractivity contribution in [2.24, 2.45) is 0 Å². The number of carbonyl (C=O) groups excluding carboxylic acids is 2. The van der Waals surface area contributed by atoms with Gasteiger partial charge in [0.1, 0.15) is 10.6 Å². The Hall–Kier alpha value is -3.19. The minimum Gasteiger partial charge on any atom is -0.484 e. The number of aryl methyl sites for hydroxylation is 1. The van der Waals surface area contributed by atoms with Crippen molar-refractivity contribution in [1.82, 2.24) is 10.3 Å². The van der Waals surface area contributed by atoms with Crippen molar-refractivity contribution in [2.45, 2.75) is 13.5 Å².